The zero-order valence-electron chi connectivity index (χ0n) is 16.1. The van der Waals surface area contributed by atoms with Crippen molar-refractivity contribution in [1.29, 1.82) is 0 Å². The summed E-state index contributed by atoms with van der Waals surface area (Å²) in [4.78, 5) is 36.7. The molecule has 2 aromatic carbocycles. The zero-order valence-corrected chi connectivity index (χ0v) is 16.9. The summed E-state index contributed by atoms with van der Waals surface area (Å²) < 4.78 is 0. The molecule has 0 unspecified atom stereocenters. The first kappa shape index (κ1) is 22.2. The van der Waals surface area contributed by atoms with Crippen LogP contribution in [-0.2, 0) is 9.59 Å². The predicted molar refractivity (Wildman–Crippen MR) is 110 cm³/mol. The number of aliphatic carboxylic acids is 1. The Hall–Kier alpha value is -3.12. The molecule has 2 amide bonds. The van der Waals surface area contributed by atoms with E-state index in [-0.39, 0.29) is 18.0 Å². The Morgan fingerprint density at radius 1 is 1.03 bits per heavy atom. The van der Waals surface area contributed by atoms with Crippen molar-refractivity contribution >= 4 is 35.5 Å². The first-order chi connectivity index (χ1) is 13.8. The van der Waals surface area contributed by atoms with E-state index in [9.17, 15) is 19.5 Å². The summed E-state index contributed by atoms with van der Waals surface area (Å²) in [6.45, 7) is 3.67. The van der Waals surface area contributed by atoms with Crippen molar-refractivity contribution in [1.82, 2.24) is 10.6 Å². The van der Waals surface area contributed by atoms with Crippen molar-refractivity contribution in [2.75, 3.05) is 0 Å². The van der Waals surface area contributed by atoms with E-state index in [0.717, 1.165) is 0 Å². The molecule has 0 aliphatic rings. The van der Waals surface area contributed by atoms with Gasteiger partial charge in [0.15, 0.2) is 0 Å². The molecule has 2 rings (SSSR count). The number of carbonyl (C=O) groups excluding carboxylic acids is 3. The quantitative estimate of drug-likeness (QED) is 0.649. The molecule has 0 aliphatic carbocycles. The number of hydrogen-bond acceptors (Lipinski definition) is 4. The lowest BCUT2D eigenvalue weighted by molar-refractivity contribution is -0.308. The highest BCUT2D eigenvalue weighted by molar-refractivity contribution is 6.30. The summed E-state index contributed by atoms with van der Waals surface area (Å²) in [5, 5.41) is 16.9. The molecule has 7 heteroatoms. The highest BCUT2D eigenvalue weighted by atomic mass is 35.5. The largest absolute Gasteiger partial charge is 0.548 e. The van der Waals surface area contributed by atoms with Gasteiger partial charge in [0.05, 0.1) is 12.0 Å². The second-order valence-electron chi connectivity index (χ2n) is 6.90. The number of carbonyl (C=O) groups is 3. The monoisotopic (exact) mass is 413 g/mol. The third-order valence-corrected chi connectivity index (χ3v) is 4.26. The van der Waals surface area contributed by atoms with Gasteiger partial charge in [0.1, 0.15) is 5.70 Å². The van der Waals surface area contributed by atoms with E-state index < -0.39 is 23.8 Å². The lowest BCUT2D eigenvalue weighted by Gasteiger charge is -2.22. The van der Waals surface area contributed by atoms with Gasteiger partial charge in [-0.1, -0.05) is 55.8 Å². The van der Waals surface area contributed by atoms with Crippen molar-refractivity contribution in [3.05, 3.63) is 76.4 Å². The molecule has 0 fully saturated rings. The smallest absolute Gasteiger partial charge is 0.268 e. The molecule has 2 aromatic rings. The SMILES string of the molecule is CC(C)C[C@H](NC(=O)/C(=C/c1ccc(Cl)cc1)NC(=O)c1ccccc1)C(=O)[O-]. The maximum atomic E-state index is 12.8. The Labute approximate surface area is 174 Å². The predicted octanol–water partition coefficient (Wildman–Crippen LogP) is 2.39. The van der Waals surface area contributed by atoms with Crippen molar-refractivity contribution in [3.8, 4) is 0 Å². The summed E-state index contributed by atoms with van der Waals surface area (Å²) in [5.41, 5.74) is 0.888. The Morgan fingerprint density at radius 3 is 2.21 bits per heavy atom. The van der Waals surface area contributed by atoms with Gasteiger partial charge in [-0.2, -0.15) is 0 Å². The van der Waals surface area contributed by atoms with Crippen LogP contribution in [0.25, 0.3) is 6.08 Å². The second kappa shape index (κ2) is 10.4. The number of halogens is 1. The normalized spacial score (nSPS) is 12.3. The molecule has 0 aromatic heterocycles. The van der Waals surface area contributed by atoms with E-state index in [2.05, 4.69) is 10.6 Å². The maximum absolute atomic E-state index is 12.8. The van der Waals surface area contributed by atoms with Crippen LogP contribution in [0.5, 0.6) is 0 Å². The lowest BCUT2D eigenvalue weighted by Crippen LogP contribution is -2.50. The lowest BCUT2D eigenvalue weighted by atomic mass is 10.0. The van der Waals surface area contributed by atoms with Gasteiger partial charge in [0.2, 0.25) is 0 Å². The molecule has 0 aliphatic heterocycles. The first-order valence-electron chi connectivity index (χ1n) is 9.11. The number of benzene rings is 2. The molecule has 1 atom stereocenters. The summed E-state index contributed by atoms with van der Waals surface area (Å²) >= 11 is 5.89. The van der Waals surface area contributed by atoms with Crippen molar-refractivity contribution in [3.63, 3.8) is 0 Å². The van der Waals surface area contributed by atoms with Crippen molar-refractivity contribution in [2.45, 2.75) is 26.3 Å². The van der Waals surface area contributed by atoms with Gasteiger partial charge in [-0.3, -0.25) is 9.59 Å². The number of hydrogen-bond donors (Lipinski definition) is 2. The fraction of sp³-hybridized carbons (Fsp3) is 0.227. The minimum absolute atomic E-state index is 0.0285. The number of rotatable bonds is 8. The van der Waals surface area contributed by atoms with Crippen LogP contribution < -0.4 is 15.7 Å². The Morgan fingerprint density at radius 2 is 1.66 bits per heavy atom. The van der Waals surface area contributed by atoms with E-state index in [0.29, 0.717) is 16.1 Å². The van der Waals surface area contributed by atoms with Crippen LogP contribution in [-0.4, -0.2) is 23.8 Å². The molecule has 0 saturated heterocycles. The van der Waals surface area contributed by atoms with Crippen molar-refractivity contribution in [2.24, 2.45) is 5.92 Å². The molecule has 0 radical (unpaired) electrons. The molecular formula is C22H22ClN2O4-. The molecule has 6 nitrogen and oxygen atoms in total. The van der Waals surface area contributed by atoms with Gasteiger partial charge < -0.3 is 20.5 Å². The Bertz CT molecular complexity index is 893. The van der Waals surface area contributed by atoms with E-state index in [1.54, 1.807) is 54.6 Å². The van der Waals surface area contributed by atoms with Gasteiger partial charge in [0.25, 0.3) is 11.8 Å². The molecular weight excluding hydrogens is 392 g/mol. The van der Waals surface area contributed by atoms with E-state index in [1.807, 2.05) is 13.8 Å². The fourth-order valence-corrected chi connectivity index (χ4v) is 2.72. The van der Waals surface area contributed by atoms with Crippen LogP contribution in [0.1, 0.15) is 36.2 Å². The summed E-state index contributed by atoms with van der Waals surface area (Å²) in [7, 11) is 0. The van der Waals surface area contributed by atoms with Gasteiger partial charge >= 0.3 is 0 Å². The average molecular weight is 414 g/mol. The van der Waals surface area contributed by atoms with Crippen LogP contribution in [0.15, 0.2) is 60.3 Å². The molecule has 0 bridgehead atoms. The van der Waals surface area contributed by atoms with E-state index in [1.165, 1.54) is 6.08 Å². The van der Waals surface area contributed by atoms with Crippen LogP contribution >= 0.6 is 11.6 Å². The highest BCUT2D eigenvalue weighted by Crippen LogP contribution is 2.13. The van der Waals surface area contributed by atoms with Gasteiger partial charge in [-0.05, 0) is 48.2 Å². The number of amides is 2. The highest BCUT2D eigenvalue weighted by Gasteiger charge is 2.20. The summed E-state index contributed by atoms with van der Waals surface area (Å²) in [6, 6.07) is 13.8. The van der Waals surface area contributed by atoms with Gasteiger partial charge in [-0.15, -0.1) is 0 Å². The van der Waals surface area contributed by atoms with Crippen LogP contribution in [0.2, 0.25) is 5.02 Å². The number of carboxylic acid groups (broad SMARTS) is 1. The van der Waals surface area contributed by atoms with E-state index >= 15 is 0 Å². The molecule has 0 heterocycles. The average Bonchev–Trinajstić information content (AvgIpc) is 2.68. The van der Waals surface area contributed by atoms with Crippen LogP contribution in [0.4, 0.5) is 0 Å². The molecule has 29 heavy (non-hydrogen) atoms. The third kappa shape index (κ3) is 7.08. The van der Waals surface area contributed by atoms with Crippen LogP contribution in [0, 0.1) is 5.92 Å². The Kier molecular flexibility index (Phi) is 7.98. The first-order valence-corrected chi connectivity index (χ1v) is 9.49. The molecule has 0 spiro atoms. The molecule has 0 saturated carbocycles. The summed E-state index contributed by atoms with van der Waals surface area (Å²) in [5.74, 6) is -2.57. The topological polar surface area (TPSA) is 98.3 Å². The third-order valence-electron chi connectivity index (χ3n) is 4.01. The number of carboxylic acids is 1. The molecule has 152 valence electrons. The Balaban J connectivity index is 2.30. The molecule has 2 N–H and O–H groups in total. The standard InChI is InChI=1S/C22H23ClN2O4/c1-14(2)12-19(22(28)29)25-21(27)18(13-15-8-10-17(23)11-9-15)24-20(26)16-6-4-3-5-7-16/h3-11,13-14,19H,12H2,1-2H3,(H,24,26)(H,25,27)(H,28,29)/p-1/b18-13-/t19-/m0/s1. The van der Waals surface area contributed by atoms with Gasteiger partial charge in [-0.25, -0.2) is 0 Å². The van der Waals surface area contributed by atoms with Gasteiger partial charge in [0, 0.05) is 10.6 Å². The maximum Gasteiger partial charge on any atom is 0.268 e. The minimum atomic E-state index is -1.38. The number of nitrogens with one attached hydrogen (secondary N) is 2. The van der Waals surface area contributed by atoms with Crippen molar-refractivity contribution < 1.29 is 19.5 Å². The zero-order chi connectivity index (χ0) is 21.4. The fourth-order valence-electron chi connectivity index (χ4n) is 2.59. The van der Waals surface area contributed by atoms with Crippen LogP contribution in [0.3, 0.4) is 0 Å². The minimum Gasteiger partial charge on any atom is -0.548 e. The second-order valence-corrected chi connectivity index (χ2v) is 7.34. The summed E-state index contributed by atoms with van der Waals surface area (Å²) in [6.07, 6.45) is 1.66. The van der Waals surface area contributed by atoms with E-state index in [4.69, 9.17) is 11.6 Å².